The van der Waals surface area contributed by atoms with E-state index < -0.39 is 5.54 Å². The Morgan fingerprint density at radius 3 is 2.48 bits per heavy atom. The van der Waals surface area contributed by atoms with Crippen LogP contribution in [0.1, 0.15) is 49.0 Å². The van der Waals surface area contributed by atoms with E-state index in [0.29, 0.717) is 36.8 Å². The van der Waals surface area contributed by atoms with Crippen LogP contribution in [0.15, 0.2) is 18.3 Å². The highest BCUT2D eigenvalue weighted by molar-refractivity contribution is 7.15. The van der Waals surface area contributed by atoms with Gasteiger partial charge in [0.15, 0.2) is 5.13 Å². The maximum absolute atomic E-state index is 13.3. The van der Waals surface area contributed by atoms with Crippen LogP contribution in [0.5, 0.6) is 0 Å². The highest BCUT2D eigenvalue weighted by atomic mass is 32.1. The molecule has 9 nitrogen and oxygen atoms in total. The minimum atomic E-state index is -0.868. The molecule has 1 unspecified atom stereocenters. The first-order valence-electron chi connectivity index (χ1n) is 10.3. The number of anilines is 2. The third kappa shape index (κ3) is 4.05. The summed E-state index contributed by atoms with van der Waals surface area (Å²) in [6.07, 6.45) is 2.86. The van der Waals surface area contributed by atoms with Gasteiger partial charge in [0, 0.05) is 48.5 Å². The van der Waals surface area contributed by atoms with Crippen molar-refractivity contribution in [1.29, 1.82) is 0 Å². The molecule has 2 saturated heterocycles. The molecule has 2 aliphatic heterocycles. The van der Waals surface area contributed by atoms with Crippen molar-refractivity contribution in [3.8, 4) is 0 Å². The molecule has 2 fully saturated rings. The molecule has 2 aromatic heterocycles. The van der Waals surface area contributed by atoms with Crippen LogP contribution in [0.2, 0.25) is 0 Å². The van der Waals surface area contributed by atoms with Crippen LogP contribution in [0.3, 0.4) is 0 Å². The Labute approximate surface area is 184 Å². The summed E-state index contributed by atoms with van der Waals surface area (Å²) >= 11 is 1.45. The number of hydrogen-bond donors (Lipinski definition) is 2. The number of aryl methyl sites for hydroxylation is 2. The van der Waals surface area contributed by atoms with E-state index >= 15 is 0 Å². The zero-order chi connectivity index (χ0) is 22.3. The molecule has 1 atom stereocenters. The summed E-state index contributed by atoms with van der Waals surface area (Å²) in [4.78, 5) is 50.5. The van der Waals surface area contributed by atoms with E-state index in [2.05, 4.69) is 32.4 Å². The molecule has 31 heavy (non-hydrogen) atoms. The Balaban J connectivity index is 1.46. The monoisotopic (exact) mass is 442 g/mol. The molecule has 1 spiro atoms. The van der Waals surface area contributed by atoms with Crippen molar-refractivity contribution in [2.75, 3.05) is 23.3 Å². The molecule has 0 bridgehead atoms. The van der Waals surface area contributed by atoms with Gasteiger partial charge in [-0.15, -0.1) is 11.3 Å². The summed E-state index contributed by atoms with van der Waals surface area (Å²) in [5, 5.41) is 6.26. The average Bonchev–Trinajstić information content (AvgIpc) is 3.23. The summed E-state index contributed by atoms with van der Waals surface area (Å²) in [6, 6.07) is 3.25. The van der Waals surface area contributed by atoms with Gasteiger partial charge in [0.1, 0.15) is 5.54 Å². The van der Waals surface area contributed by atoms with Gasteiger partial charge in [-0.05, 0) is 45.7 Å². The third-order valence-electron chi connectivity index (χ3n) is 5.90. The van der Waals surface area contributed by atoms with E-state index in [4.69, 9.17) is 0 Å². The molecule has 2 N–H and O–H groups in total. The van der Waals surface area contributed by atoms with Crippen molar-refractivity contribution >= 4 is 40.0 Å². The predicted molar refractivity (Wildman–Crippen MR) is 118 cm³/mol. The lowest BCUT2D eigenvalue weighted by Crippen LogP contribution is -2.55. The van der Waals surface area contributed by atoms with Crippen LogP contribution < -0.4 is 15.5 Å². The van der Waals surface area contributed by atoms with E-state index in [1.165, 1.54) is 23.2 Å². The Bertz CT molecular complexity index is 1020. The van der Waals surface area contributed by atoms with Gasteiger partial charge >= 0.3 is 6.03 Å². The Morgan fingerprint density at radius 1 is 1.23 bits per heavy atom. The third-order valence-corrected chi connectivity index (χ3v) is 6.99. The quantitative estimate of drug-likeness (QED) is 0.705. The van der Waals surface area contributed by atoms with Crippen LogP contribution >= 0.6 is 11.3 Å². The zero-order valence-electron chi connectivity index (χ0n) is 18.1. The van der Waals surface area contributed by atoms with Gasteiger partial charge < -0.3 is 10.6 Å². The largest absolute Gasteiger partial charge is 0.329 e. The number of imide groups is 1. The predicted octanol–water partition coefficient (Wildman–Crippen LogP) is 2.77. The van der Waals surface area contributed by atoms with Gasteiger partial charge in [-0.1, -0.05) is 0 Å². The minimum absolute atomic E-state index is 0.103. The summed E-state index contributed by atoms with van der Waals surface area (Å²) < 4.78 is 0. The molecule has 0 aromatic carbocycles. The Morgan fingerprint density at radius 2 is 1.87 bits per heavy atom. The number of rotatable bonds is 4. The van der Waals surface area contributed by atoms with E-state index in [1.54, 1.807) is 18.3 Å². The number of amides is 4. The fourth-order valence-corrected chi connectivity index (χ4v) is 5.24. The highest BCUT2D eigenvalue weighted by Crippen LogP contribution is 2.36. The number of aromatic nitrogens is 2. The van der Waals surface area contributed by atoms with Crippen LogP contribution in [0.4, 0.5) is 15.6 Å². The standard InChI is InChI=1S/C21H26N6O3S/c1-12-9-16(10-13(2)23-12)27-18(29)21(25-20(27)30)5-7-26(8-6-21)14(3)17-11-22-19(31-17)24-15(4)28/h9-11,14H,5-8H2,1-4H3,(H,25,30)(H,22,24,28). The number of carbonyl (C=O) groups is 3. The van der Waals surface area contributed by atoms with Crippen molar-refractivity contribution in [3.05, 3.63) is 34.6 Å². The second kappa shape index (κ2) is 8.01. The molecular weight excluding hydrogens is 416 g/mol. The van der Waals surface area contributed by atoms with E-state index in [9.17, 15) is 14.4 Å². The SMILES string of the molecule is CC(=O)Nc1ncc(C(C)N2CCC3(CC2)NC(=O)N(c2cc(C)nc(C)c2)C3=O)s1. The van der Waals surface area contributed by atoms with Gasteiger partial charge in [0.25, 0.3) is 5.91 Å². The number of urea groups is 1. The molecule has 10 heteroatoms. The van der Waals surface area contributed by atoms with Crippen LogP contribution in [-0.4, -0.2) is 51.3 Å². The first-order valence-corrected chi connectivity index (χ1v) is 11.1. The summed E-state index contributed by atoms with van der Waals surface area (Å²) in [6.45, 7) is 8.58. The zero-order valence-corrected chi connectivity index (χ0v) is 18.9. The molecule has 2 aliphatic rings. The van der Waals surface area contributed by atoms with Gasteiger partial charge in [-0.2, -0.15) is 0 Å². The number of thiazole rings is 1. The van der Waals surface area contributed by atoms with Crippen molar-refractivity contribution in [3.63, 3.8) is 0 Å². The van der Waals surface area contributed by atoms with Gasteiger partial charge in [0.05, 0.1) is 5.69 Å². The number of likely N-dealkylation sites (tertiary alicyclic amines) is 1. The van der Waals surface area contributed by atoms with Crippen molar-refractivity contribution < 1.29 is 14.4 Å². The second-order valence-electron chi connectivity index (χ2n) is 8.22. The van der Waals surface area contributed by atoms with Gasteiger partial charge in [-0.25, -0.2) is 14.7 Å². The number of nitrogens with zero attached hydrogens (tertiary/aromatic N) is 4. The topological polar surface area (TPSA) is 108 Å². The van der Waals surface area contributed by atoms with E-state index in [0.717, 1.165) is 16.3 Å². The molecular formula is C21H26N6O3S. The van der Waals surface area contributed by atoms with E-state index in [-0.39, 0.29) is 23.9 Å². The maximum Gasteiger partial charge on any atom is 0.329 e. The number of carbonyl (C=O) groups excluding carboxylic acids is 3. The van der Waals surface area contributed by atoms with E-state index in [1.807, 2.05) is 13.8 Å². The molecule has 0 radical (unpaired) electrons. The van der Waals surface area contributed by atoms with Gasteiger partial charge in [0.2, 0.25) is 5.91 Å². The first-order chi connectivity index (χ1) is 14.7. The van der Waals surface area contributed by atoms with Gasteiger partial charge in [-0.3, -0.25) is 19.5 Å². The molecule has 4 rings (SSSR count). The smallest absolute Gasteiger partial charge is 0.323 e. The lowest BCUT2D eigenvalue weighted by Gasteiger charge is -2.39. The minimum Gasteiger partial charge on any atom is -0.323 e. The normalized spacial score (nSPS) is 19.5. The number of nitrogens with one attached hydrogen (secondary N) is 2. The van der Waals surface area contributed by atoms with Crippen LogP contribution in [0, 0.1) is 13.8 Å². The Kier molecular flexibility index (Phi) is 5.52. The number of piperidine rings is 1. The summed E-state index contributed by atoms with van der Waals surface area (Å²) in [5.41, 5.74) is 1.23. The molecule has 4 amide bonds. The number of hydrogen-bond acceptors (Lipinski definition) is 7. The molecule has 164 valence electrons. The fourth-order valence-electron chi connectivity index (χ4n) is 4.30. The highest BCUT2D eigenvalue weighted by Gasteiger charge is 2.53. The first kappa shape index (κ1) is 21.4. The summed E-state index contributed by atoms with van der Waals surface area (Å²) in [7, 11) is 0. The molecule has 4 heterocycles. The van der Waals surface area contributed by atoms with Crippen molar-refractivity contribution in [2.24, 2.45) is 0 Å². The number of pyridine rings is 1. The molecule has 0 aliphatic carbocycles. The van der Waals surface area contributed by atoms with Crippen LogP contribution in [0.25, 0.3) is 0 Å². The lowest BCUT2D eigenvalue weighted by atomic mass is 9.86. The van der Waals surface area contributed by atoms with Crippen molar-refractivity contribution in [1.82, 2.24) is 20.2 Å². The molecule has 2 aromatic rings. The van der Waals surface area contributed by atoms with Crippen molar-refractivity contribution in [2.45, 2.75) is 52.1 Å². The second-order valence-corrected chi connectivity index (χ2v) is 9.28. The fraction of sp³-hybridized carbons (Fsp3) is 0.476. The maximum atomic E-state index is 13.3. The lowest BCUT2D eigenvalue weighted by molar-refractivity contribution is -0.124. The molecule has 0 saturated carbocycles. The summed E-state index contributed by atoms with van der Waals surface area (Å²) in [5.74, 6) is -0.339. The van der Waals surface area contributed by atoms with Crippen LogP contribution in [-0.2, 0) is 9.59 Å². The Hall–Kier alpha value is -2.85. The average molecular weight is 443 g/mol.